The Morgan fingerprint density at radius 2 is 1.92 bits per heavy atom. The van der Waals surface area contributed by atoms with Gasteiger partial charge < -0.3 is 24.8 Å². The van der Waals surface area contributed by atoms with Gasteiger partial charge in [-0.3, -0.25) is 4.79 Å². The molecule has 0 atom stereocenters. The first kappa shape index (κ1) is 15.6. The van der Waals surface area contributed by atoms with E-state index in [2.05, 4.69) is 15.3 Å². The summed E-state index contributed by atoms with van der Waals surface area (Å²) in [6.45, 7) is 1.14. The lowest BCUT2D eigenvalue weighted by Crippen LogP contribution is -2.13. The van der Waals surface area contributed by atoms with Gasteiger partial charge in [0.1, 0.15) is 5.82 Å². The molecule has 0 spiro atoms. The Balaban J connectivity index is 1.66. The minimum atomic E-state index is -0.526. The first-order chi connectivity index (χ1) is 12.1. The van der Waals surface area contributed by atoms with Crippen LogP contribution < -0.4 is 14.8 Å². The van der Waals surface area contributed by atoms with E-state index in [0.717, 1.165) is 6.42 Å². The number of ether oxygens (including phenoxy) is 2. The van der Waals surface area contributed by atoms with Gasteiger partial charge in [-0.1, -0.05) is 0 Å². The summed E-state index contributed by atoms with van der Waals surface area (Å²) in [4.78, 5) is 18.3. The fourth-order valence-electron chi connectivity index (χ4n) is 2.73. The zero-order valence-corrected chi connectivity index (χ0v) is 13.8. The Kier molecular flexibility index (Phi) is 3.89. The van der Waals surface area contributed by atoms with Crippen LogP contribution in [0.2, 0.25) is 0 Å². The molecule has 2 aromatic carbocycles. The predicted octanol–water partition coefficient (Wildman–Crippen LogP) is 3.78. The second-order valence-corrected chi connectivity index (χ2v) is 6.03. The molecule has 3 aromatic rings. The van der Waals surface area contributed by atoms with Crippen molar-refractivity contribution in [3.63, 3.8) is 0 Å². The molecule has 1 aromatic heterocycles. The van der Waals surface area contributed by atoms with Crippen LogP contribution in [-0.2, 0) is 0 Å². The highest BCUT2D eigenvalue weighted by Crippen LogP contribution is 2.32. The SMILES string of the molecule is O=C(Nc1ccc2c(c1)OCCCO2)c1cc(F)cc2[nH]c(=S)[nH]c12. The summed E-state index contributed by atoms with van der Waals surface area (Å²) in [5.74, 6) is 0.227. The van der Waals surface area contributed by atoms with Crippen molar-refractivity contribution in [3.8, 4) is 11.5 Å². The number of anilines is 1. The van der Waals surface area contributed by atoms with E-state index >= 15 is 0 Å². The number of nitrogens with one attached hydrogen (secondary N) is 3. The molecule has 8 heteroatoms. The minimum absolute atomic E-state index is 0.162. The van der Waals surface area contributed by atoms with Gasteiger partial charge in [-0.2, -0.15) is 0 Å². The van der Waals surface area contributed by atoms with Crippen LogP contribution in [0.25, 0.3) is 11.0 Å². The lowest BCUT2D eigenvalue weighted by molar-refractivity contribution is 0.102. The number of amides is 1. The highest BCUT2D eigenvalue weighted by atomic mass is 32.1. The first-order valence-electron chi connectivity index (χ1n) is 7.73. The van der Waals surface area contributed by atoms with Gasteiger partial charge in [0.05, 0.1) is 29.8 Å². The fourth-order valence-corrected chi connectivity index (χ4v) is 2.94. The van der Waals surface area contributed by atoms with E-state index in [-0.39, 0.29) is 5.56 Å². The van der Waals surface area contributed by atoms with Crippen molar-refractivity contribution in [3.05, 3.63) is 46.5 Å². The Hall–Kier alpha value is -2.87. The maximum Gasteiger partial charge on any atom is 0.257 e. The Morgan fingerprint density at radius 1 is 1.12 bits per heavy atom. The van der Waals surface area contributed by atoms with E-state index < -0.39 is 11.7 Å². The van der Waals surface area contributed by atoms with Crippen molar-refractivity contribution in [2.45, 2.75) is 6.42 Å². The molecule has 0 fully saturated rings. The van der Waals surface area contributed by atoms with Gasteiger partial charge >= 0.3 is 0 Å². The summed E-state index contributed by atoms with van der Waals surface area (Å²) >= 11 is 5.02. The third kappa shape index (κ3) is 3.08. The quantitative estimate of drug-likeness (QED) is 0.609. The standard InChI is InChI=1S/C17H14FN3O3S/c18-9-6-11(15-12(7-9)20-17(25)21-15)16(22)19-10-2-3-13-14(8-10)24-5-1-4-23-13/h2-3,6-8H,1,4-5H2,(H,19,22)(H2,20,21,25). The van der Waals surface area contributed by atoms with Crippen LogP contribution in [0.4, 0.5) is 10.1 Å². The van der Waals surface area contributed by atoms with Crippen molar-refractivity contribution in [2.75, 3.05) is 18.5 Å². The molecule has 0 saturated heterocycles. The molecule has 2 heterocycles. The number of benzene rings is 2. The summed E-state index contributed by atoms with van der Waals surface area (Å²) in [6, 6.07) is 7.59. The number of fused-ring (bicyclic) bond motifs is 2. The molecular weight excluding hydrogens is 345 g/mol. The van der Waals surface area contributed by atoms with Gasteiger partial charge in [-0.05, 0) is 36.5 Å². The molecule has 25 heavy (non-hydrogen) atoms. The van der Waals surface area contributed by atoms with E-state index in [4.69, 9.17) is 21.7 Å². The van der Waals surface area contributed by atoms with Crippen LogP contribution in [0.5, 0.6) is 11.5 Å². The first-order valence-corrected chi connectivity index (χ1v) is 8.13. The maximum absolute atomic E-state index is 13.8. The van der Waals surface area contributed by atoms with Crippen molar-refractivity contribution in [1.29, 1.82) is 0 Å². The van der Waals surface area contributed by atoms with E-state index in [1.807, 2.05) is 0 Å². The molecule has 6 nitrogen and oxygen atoms in total. The summed E-state index contributed by atoms with van der Waals surface area (Å²) in [5.41, 5.74) is 1.59. The van der Waals surface area contributed by atoms with E-state index in [1.165, 1.54) is 12.1 Å². The molecule has 1 amide bonds. The highest BCUT2D eigenvalue weighted by Gasteiger charge is 2.16. The van der Waals surface area contributed by atoms with Gasteiger partial charge in [0.15, 0.2) is 16.3 Å². The highest BCUT2D eigenvalue weighted by molar-refractivity contribution is 7.71. The number of aromatic nitrogens is 2. The van der Waals surface area contributed by atoms with Crippen molar-refractivity contribution in [2.24, 2.45) is 0 Å². The summed E-state index contributed by atoms with van der Waals surface area (Å²) in [6.07, 6.45) is 0.796. The van der Waals surface area contributed by atoms with Crippen LogP contribution in [0.15, 0.2) is 30.3 Å². The zero-order valence-electron chi connectivity index (χ0n) is 13.0. The number of rotatable bonds is 2. The number of aromatic amines is 2. The van der Waals surface area contributed by atoms with Gasteiger partial charge in [0.25, 0.3) is 5.91 Å². The second kappa shape index (κ2) is 6.21. The van der Waals surface area contributed by atoms with Crippen LogP contribution in [0, 0.1) is 10.6 Å². The molecule has 128 valence electrons. The van der Waals surface area contributed by atoms with Gasteiger partial charge in [-0.25, -0.2) is 4.39 Å². The average Bonchev–Trinajstić information content (AvgIpc) is 2.79. The molecule has 0 bridgehead atoms. The molecular formula is C17H14FN3O3S. The summed E-state index contributed by atoms with van der Waals surface area (Å²) < 4.78 is 25.3. The molecule has 0 saturated carbocycles. The summed E-state index contributed by atoms with van der Waals surface area (Å²) in [7, 11) is 0. The van der Waals surface area contributed by atoms with E-state index in [1.54, 1.807) is 18.2 Å². The van der Waals surface area contributed by atoms with Crippen LogP contribution in [-0.4, -0.2) is 29.1 Å². The topological polar surface area (TPSA) is 79.1 Å². The number of hydrogen-bond acceptors (Lipinski definition) is 4. The van der Waals surface area contributed by atoms with Crippen molar-refractivity contribution < 1.29 is 18.7 Å². The average molecular weight is 359 g/mol. The second-order valence-electron chi connectivity index (χ2n) is 5.62. The number of imidazole rings is 1. The van der Waals surface area contributed by atoms with E-state index in [0.29, 0.717) is 46.2 Å². The van der Waals surface area contributed by atoms with Gasteiger partial charge in [0, 0.05) is 18.2 Å². The fraction of sp³-hybridized carbons (Fsp3) is 0.176. The lowest BCUT2D eigenvalue weighted by atomic mass is 10.1. The number of halogens is 1. The number of hydrogen-bond donors (Lipinski definition) is 3. The minimum Gasteiger partial charge on any atom is -0.490 e. The Labute approximate surface area is 147 Å². The lowest BCUT2D eigenvalue weighted by Gasteiger charge is -2.11. The molecule has 4 rings (SSSR count). The molecule has 0 radical (unpaired) electrons. The Morgan fingerprint density at radius 3 is 2.76 bits per heavy atom. The molecule has 0 unspecified atom stereocenters. The van der Waals surface area contributed by atoms with E-state index in [9.17, 15) is 9.18 Å². The van der Waals surface area contributed by atoms with Gasteiger partial charge in [0.2, 0.25) is 0 Å². The smallest absolute Gasteiger partial charge is 0.257 e. The maximum atomic E-state index is 13.8. The van der Waals surface area contributed by atoms with Crippen LogP contribution in [0.3, 0.4) is 0 Å². The summed E-state index contributed by atoms with van der Waals surface area (Å²) in [5, 5.41) is 2.75. The van der Waals surface area contributed by atoms with Crippen molar-refractivity contribution in [1.82, 2.24) is 9.97 Å². The molecule has 1 aliphatic heterocycles. The van der Waals surface area contributed by atoms with Gasteiger partial charge in [-0.15, -0.1) is 0 Å². The largest absolute Gasteiger partial charge is 0.490 e. The number of carbonyl (C=O) groups excluding carboxylic acids is 1. The number of H-pyrrole nitrogens is 2. The third-order valence-electron chi connectivity index (χ3n) is 3.84. The number of carbonyl (C=O) groups is 1. The van der Waals surface area contributed by atoms with Crippen LogP contribution >= 0.6 is 12.2 Å². The zero-order chi connectivity index (χ0) is 17.4. The third-order valence-corrected chi connectivity index (χ3v) is 4.04. The molecule has 0 aliphatic carbocycles. The molecule has 1 aliphatic rings. The van der Waals surface area contributed by atoms with Crippen molar-refractivity contribution >= 4 is 34.8 Å². The van der Waals surface area contributed by atoms with Crippen LogP contribution in [0.1, 0.15) is 16.8 Å². The Bertz CT molecular complexity index is 1030. The monoisotopic (exact) mass is 359 g/mol. The normalized spacial score (nSPS) is 13.5. The molecule has 3 N–H and O–H groups in total. The predicted molar refractivity (Wildman–Crippen MR) is 93.4 cm³/mol.